The smallest absolute Gasteiger partial charge is 0.322 e. The second-order valence-electron chi connectivity index (χ2n) is 5.36. The molecule has 0 aromatic rings. The summed E-state index contributed by atoms with van der Waals surface area (Å²) < 4.78 is 0. The summed E-state index contributed by atoms with van der Waals surface area (Å²) in [5.41, 5.74) is -0.520. The van der Waals surface area contributed by atoms with E-state index in [0.717, 1.165) is 12.8 Å². The number of hydrogen-bond donors (Lipinski definition) is 3. The number of carbonyl (C=O) groups is 3. The van der Waals surface area contributed by atoms with E-state index in [1.807, 2.05) is 0 Å². The predicted octanol–water partition coefficient (Wildman–Crippen LogP) is 1.26. The number of carboxylic acids is 1. The molecule has 1 aliphatic rings. The van der Waals surface area contributed by atoms with Crippen molar-refractivity contribution in [3.05, 3.63) is 0 Å². The summed E-state index contributed by atoms with van der Waals surface area (Å²) in [4.78, 5) is 34.2. The summed E-state index contributed by atoms with van der Waals surface area (Å²) in [5.74, 6) is 0.940. The van der Waals surface area contributed by atoms with Crippen LogP contribution >= 0.6 is 0 Å². The molecular formula is C14H20N2O4. The van der Waals surface area contributed by atoms with E-state index in [1.165, 1.54) is 0 Å². The Kier molecular flexibility index (Phi) is 5.56. The van der Waals surface area contributed by atoms with E-state index in [4.69, 9.17) is 11.5 Å². The summed E-state index contributed by atoms with van der Waals surface area (Å²) in [5, 5.41) is 13.6. The number of imide groups is 1. The maximum atomic E-state index is 11.8. The molecule has 20 heavy (non-hydrogen) atoms. The number of carboxylic acid groups (broad SMARTS) is 1. The highest BCUT2D eigenvalue weighted by Crippen LogP contribution is 2.43. The van der Waals surface area contributed by atoms with Gasteiger partial charge in [-0.15, -0.1) is 6.42 Å². The zero-order valence-corrected chi connectivity index (χ0v) is 11.6. The molecule has 1 rings (SSSR count). The van der Waals surface area contributed by atoms with E-state index in [2.05, 4.69) is 16.6 Å². The standard InChI is InChI=1S/C14H20N2O4/c1-3-10(2)15-13(20)16-11(17)8-14(9-12(18)19)6-4-5-7-14/h1,10H,4-9H2,2H3,(H,18,19)(H2,15,16,17,20). The molecule has 3 N–H and O–H groups in total. The van der Waals surface area contributed by atoms with Crippen LogP contribution < -0.4 is 10.6 Å². The minimum atomic E-state index is -0.912. The van der Waals surface area contributed by atoms with E-state index in [1.54, 1.807) is 6.92 Å². The van der Waals surface area contributed by atoms with Gasteiger partial charge in [0.1, 0.15) is 0 Å². The second kappa shape index (κ2) is 6.94. The Morgan fingerprint density at radius 2 is 1.90 bits per heavy atom. The molecule has 6 nitrogen and oxygen atoms in total. The molecule has 0 spiro atoms. The van der Waals surface area contributed by atoms with Gasteiger partial charge in [-0.3, -0.25) is 14.9 Å². The Bertz CT molecular complexity index is 433. The fraction of sp³-hybridized carbons (Fsp3) is 0.643. The fourth-order valence-electron chi connectivity index (χ4n) is 2.65. The third-order valence-electron chi connectivity index (χ3n) is 3.58. The molecule has 1 aliphatic carbocycles. The van der Waals surface area contributed by atoms with Crippen LogP contribution in [0.1, 0.15) is 45.4 Å². The van der Waals surface area contributed by atoms with Crippen LogP contribution in [0.25, 0.3) is 0 Å². The van der Waals surface area contributed by atoms with Gasteiger partial charge in [0.25, 0.3) is 0 Å². The van der Waals surface area contributed by atoms with Crippen LogP contribution in [0.2, 0.25) is 0 Å². The molecule has 0 aromatic heterocycles. The van der Waals surface area contributed by atoms with Gasteiger partial charge in [-0.1, -0.05) is 18.8 Å². The third kappa shape index (κ3) is 4.92. The molecule has 6 heteroatoms. The minimum Gasteiger partial charge on any atom is -0.481 e. The summed E-state index contributed by atoms with van der Waals surface area (Å²) in [6.45, 7) is 1.62. The van der Waals surface area contributed by atoms with Crippen LogP contribution in [0.15, 0.2) is 0 Å². The van der Waals surface area contributed by atoms with E-state index in [0.29, 0.717) is 12.8 Å². The van der Waals surface area contributed by atoms with Crippen LogP contribution in [0.5, 0.6) is 0 Å². The van der Waals surface area contributed by atoms with Gasteiger partial charge in [0.2, 0.25) is 5.91 Å². The maximum Gasteiger partial charge on any atom is 0.322 e. The zero-order chi connectivity index (χ0) is 15.2. The number of aliphatic carboxylic acids is 1. The quantitative estimate of drug-likeness (QED) is 0.661. The van der Waals surface area contributed by atoms with Crippen molar-refractivity contribution in [3.63, 3.8) is 0 Å². The second-order valence-corrected chi connectivity index (χ2v) is 5.36. The zero-order valence-electron chi connectivity index (χ0n) is 11.6. The molecule has 110 valence electrons. The van der Waals surface area contributed by atoms with Crippen molar-refractivity contribution in [2.75, 3.05) is 0 Å². The minimum absolute atomic E-state index is 0.0389. The number of nitrogens with one attached hydrogen (secondary N) is 2. The van der Waals surface area contributed by atoms with Crippen LogP contribution in [-0.2, 0) is 9.59 Å². The lowest BCUT2D eigenvalue weighted by Gasteiger charge is -2.26. The normalized spacial score (nSPS) is 17.8. The summed E-state index contributed by atoms with van der Waals surface area (Å²) in [7, 11) is 0. The Hall–Kier alpha value is -2.03. The Morgan fingerprint density at radius 3 is 2.40 bits per heavy atom. The number of urea groups is 1. The largest absolute Gasteiger partial charge is 0.481 e. The highest BCUT2D eigenvalue weighted by Gasteiger charge is 2.38. The lowest BCUT2D eigenvalue weighted by atomic mass is 9.79. The summed E-state index contributed by atoms with van der Waals surface area (Å²) >= 11 is 0. The SMILES string of the molecule is C#CC(C)NC(=O)NC(=O)CC1(CC(=O)O)CCCC1. The molecule has 3 amide bonds. The van der Waals surface area contributed by atoms with Gasteiger partial charge >= 0.3 is 12.0 Å². The molecule has 0 radical (unpaired) electrons. The molecule has 0 aromatic carbocycles. The van der Waals surface area contributed by atoms with Crippen LogP contribution in [0.3, 0.4) is 0 Å². The van der Waals surface area contributed by atoms with E-state index in [-0.39, 0.29) is 12.8 Å². The number of amides is 3. The van der Waals surface area contributed by atoms with Gasteiger partial charge < -0.3 is 10.4 Å². The first-order chi connectivity index (χ1) is 9.37. The third-order valence-corrected chi connectivity index (χ3v) is 3.58. The van der Waals surface area contributed by atoms with Crippen LogP contribution in [-0.4, -0.2) is 29.1 Å². The van der Waals surface area contributed by atoms with Gasteiger partial charge in [-0.25, -0.2) is 4.79 Å². The molecule has 1 unspecified atom stereocenters. The fourth-order valence-corrected chi connectivity index (χ4v) is 2.65. The number of hydrogen-bond acceptors (Lipinski definition) is 3. The lowest BCUT2D eigenvalue weighted by molar-refractivity contribution is -0.140. The first-order valence-corrected chi connectivity index (χ1v) is 6.65. The summed E-state index contributed by atoms with van der Waals surface area (Å²) in [6.07, 6.45) is 8.37. The van der Waals surface area contributed by atoms with Crippen molar-refractivity contribution in [2.45, 2.75) is 51.5 Å². The maximum absolute atomic E-state index is 11.8. The van der Waals surface area contributed by atoms with E-state index < -0.39 is 29.4 Å². The molecule has 1 fully saturated rings. The van der Waals surface area contributed by atoms with Crippen molar-refractivity contribution >= 4 is 17.9 Å². The van der Waals surface area contributed by atoms with Gasteiger partial charge in [0.05, 0.1) is 12.5 Å². The van der Waals surface area contributed by atoms with Crippen molar-refractivity contribution < 1.29 is 19.5 Å². The Morgan fingerprint density at radius 1 is 1.30 bits per heavy atom. The topological polar surface area (TPSA) is 95.5 Å². The molecule has 0 aliphatic heterocycles. The van der Waals surface area contributed by atoms with Crippen molar-refractivity contribution in [1.29, 1.82) is 0 Å². The van der Waals surface area contributed by atoms with Crippen molar-refractivity contribution in [3.8, 4) is 12.3 Å². The average molecular weight is 280 g/mol. The van der Waals surface area contributed by atoms with Gasteiger partial charge in [0, 0.05) is 6.42 Å². The predicted molar refractivity (Wildman–Crippen MR) is 72.7 cm³/mol. The first kappa shape index (κ1) is 16.0. The van der Waals surface area contributed by atoms with Gasteiger partial charge in [0.15, 0.2) is 0 Å². The Labute approximate surface area is 118 Å². The van der Waals surface area contributed by atoms with Crippen molar-refractivity contribution in [1.82, 2.24) is 10.6 Å². The van der Waals surface area contributed by atoms with Gasteiger partial charge in [-0.2, -0.15) is 0 Å². The van der Waals surface area contributed by atoms with Crippen molar-refractivity contribution in [2.24, 2.45) is 5.41 Å². The van der Waals surface area contributed by atoms with Crippen LogP contribution in [0, 0.1) is 17.8 Å². The summed E-state index contributed by atoms with van der Waals surface area (Å²) in [6, 6.07) is -1.12. The highest BCUT2D eigenvalue weighted by molar-refractivity contribution is 5.95. The molecule has 0 heterocycles. The molecular weight excluding hydrogens is 260 g/mol. The Balaban J connectivity index is 2.53. The number of rotatable bonds is 5. The molecule has 1 atom stereocenters. The first-order valence-electron chi connectivity index (χ1n) is 6.65. The molecule has 1 saturated carbocycles. The molecule has 0 bridgehead atoms. The average Bonchev–Trinajstić information content (AvgIpc) is 2.75. The number of carbonyl (C=O) groups excluding carboxylic acids is 2. The monoisotopic (exact) mass is 280 g/mol. The lowest BCUT2D eigenvalue weighted by Crippen LogP contribution is -2.44. The van der Waals surface area contributed by atoms with Crippen LogP contribution in [0.4, 0.5) is 4.79 Å². The number of terminal acetylenes is 1. The van der Waals surface area contributed by atoms with E-state index >= 15 is 0 Å². The van der Waals surface area contributed by atoms with E-state index in [9.17, 15) is 14.4 Å². The van der Waals surface area contributed by atoms with Gasteiger partial charge in [-0.05, 0) is 25.2 Å². The highest BCUT2D eigenvalue weighted by atomic mass is 16.4. The molecule has 0 saturated heterocycles.